The molecule has 0 aromatic rings. The first-order chi connectivity index (χ1) is 11.7. The molecule has 2 saturated carbocycles. The van der Waals surface area contributed by atoms with Gasteiger partial charge < -0.3 is 0 Å². The highest BCUT2D eigenvalue weighted by Crippen LogP contribution is 2.58. The smallest absolute Gasteiger partial charge is 0.0264 e. The van der Waals surface area contributed by atoms with Gasteiger partial charge in [0.25, 0.3) is 0 Å². The van der Waals surface area contributed by atoms with Gasteiger partial charge >= 0.3 is 0 Å². The van der Waals surface area contributed by atoms with Crippen LogP contribution in [0.2, 0.25) is 0 Å². The van der Waals surface area contributed by atoms with E-state index in [0.717, 1.165) is 53.8 Å². The first kappa shape index (κ1) is 21.3. The third kappa shape index (κ3) is 4.65. The second kappa shape index (κ2) is 8.79. The molecule has 0 heterocycles. The van der Waals surface area contributed by atoms with Crippen LogP contribution in [0.15, 0.2) is 0 Å². The van der Waals surface area contributed by atoms with E-state index in [9.17, 15) is 0 Å². The van der Waals surface area contributed by atoms with Crippen LogP contribution in [0.4, 0.5) is 0 Å². The van der Waals surface area contributed by atoms with Gasteiger partial charge in [0.05, 0.1) is 0 Å². The van der Waals surface area contributed by atoms with Crippen molar-refractivity contribution < 1.29 is 0 Å². The zero-order valence-corrected chi connectivity index (χ0v) is 18.5. The van der Waals surface area contributed by atoms with Crippen molar-refractivity contribution in [3.63, 3.8) is 0 Å². The van der Waals surface area contributed by atoms with Crippen LogP contribution in [0.5, 0.6) is 0 Å². The van der Waals surface area contributed by atoms with Crippen molar-refractivity contribution in [3.8, 4) is 0 Å². The number of hydrogen-bond donors (Lipinski definition) is 0. The highest BCUT2D eigenvalue weighted by molar-refractivity contribution is 4.99. The first-order valence-corrected chi connectivity index (χ1v) is 11.5. The van der Waals surface area contributed by atoms with E-state index in [4.69, 9.17) is 0 Å². The van der Waals surface area contributed by atoms with Crippen LogP contribution in [0.3, 0.4) is 0 Å². The van der Waals surface area contributed by atoms with E-state index in [1.807, 2.05) is 0 Å². The second-order valence-corrected chi connectivity index (χ2v) is 11.0. The average Bonchev–Trinajstić information content (AvgIpc) is 2.54. The highest BCUT2D eigenvalue weighted by atomic mass is 14.5. The van der Waals surface area contributed by atoms with E-state index >= 15 is 0 Å². The van der Waals surface area contributed by atoms with Crippen LogP contribution < -0.4 is 0 Å². The lowest BCUT2D eigenvalue weighted by molar-refractivity contribution is -0.0663. The molecule has 6 unspecified atom stereocenters. The van der Waals surface area contributed by atoms with Crippen molar-refractivity contribution in [1.29, 1.82) is 0 Å². The molecule has 25 heavy (non-hydrogen) atoms. The zero-order valence-electron chi connectivity index (χ0n) is 18.5. The fourth-order valence-corrected chi connectivity index (χ4v) is 6.95. The third-order valence-corrected chi connectivity index (χ3v) is 8.45. The standard InChI is InChI=1S/C25H47/c1-9-14-25(8,23-15-19(6)10-12-21(23)17(2)3)24-16-20(7)11-13-22(24)18(4)5/h17-24H,1,9-16H2,2-8H3. The summed E-state index contributed by atoms with van der Waals surface area (Å²) in [5.41, 5.74) is 0.495. The van der Waals surface area contributed by atoms with E-state index in [2.05, 4.69) is 55.4 Å². The van der Waals surface area contributed by atoms with Gasteiger partial charge in [-0.25, -0.2) is 0 Å². The van der Waals surface area contributed by atoms with E-state index in [0.29, 0.717) is 5.41 Å². The highest BCUT2D eigenvalue weighted by Gasteiger charge is 2.50. The zero-order chi connectivity index (χ0) is 18.8. The monoisotopic (exact) mass is 347 g/mol. The van der Waals surface area contributed by atoms with Crippen molar-refractivity contribution in [2.75, 3.05) is 0 Å². The summed E-state index contributed by atoms with van der Waals surface area (Å²) < 4.78 is 0. The molecule has 0 bridgehead atoms. The largest absolute Gasteiger partial charge is 0.0625 e. The molecule has 0 heteroatoms. The third-order valence-electron chi connectivity index (χ3n) is 8.45. The van der Waals surface area contributed by atoms with Crippen LogP contribution in [-0.4, -0.2) is 0 Å². The Morgan fingerprint density at radius 1 is 0.800 bits per heavy atom. The summed E-state index contributed by atoms with van der Waals surface area (Å²) >= 11 is 0. The number of rotatable bonds is 6. The maximum absolute atomic E-state index is 4.34. The maximum Gasteiger partial charge on any atom is -0.0264 e. The maximum atomic E-state index is 4.34. The summed E-state index contributed by atoms with van der Waals surface area (Å²) in [6.07, 6.45) is 11.2. The summed E-state index contributed by atoms with van der Waals surface area (Å²) in [5.74, 6) is 7.19. The SMILES string of the molecule is [CH2]CCC(C)(C1CC(C)CCC1C(C)C)C1CC(C)CCC1C(C)C. The van der Waals surface area contributed by atoms with Gasteiger partial charge in [0, 0.05) is 0 Å². The van der Waals surface area contributed by atoms with Crippen LogP contribution in [0.1, 0.15) is 99.8 Å². The van der Waals surface area contributed by atoms with Crippen LogP contribution in [-0.2, 0) is 0 Å². The van der Waals surface area contributed by atoms with E-state index in [-0.39, 0.29) is 0 Å². The topological polar surface area (TPSA) is 0 Å². The molecule has 0 amide bonds. The molecule has 0 nitrogen and oxygen atoms in total. The lowest BCUT2D eigenvalue weighted by Crippen LogP contribution is -2.48. The van der Waals surface area contributed by atoms with Crippen LogP contribution in [0, 0.1) is 59.7 Å². The Hall–Kier alpha value is 0. The minimum absolute atomic E-state index is 0.495. The Morgan fingerprint density at radius 3 is 1.52 bits per heavy atom. The quantitative estimate of drug-likeness (QED) is 0.456. The van der Waals surface area contributed by atoms with E-state index < -0.39 is 0 Å². The van der Waals surface area contributed by atoms with Crippen molar-refractivity contribution in [3.05, 3.63) is 6.92 Å². The molecule has 1 radical (unpaired) electrons. The van der Waals surface area contributed by atoms with Gasteiger partial charge in [0.2, 0.25) is 0 Å². The minimum atomic E-state index is 0.495. The molecule has 147 valence electrons. The van der Waals surface area contributed by atoms with Gasteiger partial charge in [-0.05, 0) is 84.9 Å². The van der Waals surface area contributed by atoms with Crippen molar-refractivity contribution >= 4 is 0 Å². The molecule has 0 aliphatic heterocycles. The molecule has 2 fully saturated rings. The van der Waals surface area contributed by atoms with Gasteiger partial charge in [0.1, 0.15) is 0 Å². The molecule has 2 aliphatic carbocycles. The normalized spacial score (nSPS) is 39.6. The molecule has 0 spiro atoms. The fourth-order valence-electron chi connectivity index (χ4n) is 6.95. The van der Waals surface area contributed by atoms with Gasteiger partial charge in [-0.15, -0.1) is 0 Å². The molecule has 0 N–H and O–H groups in total. The molecule has 6 atom stereocenters. The van der Waals surface area contributed by atoms with E-state index in [1.165, 1.54) is 44.9 Å². The van der Waals surface area contributed by atoms with Crippen molar-refractivity contribution in [2.24, 2.45) is 52.8 Å². The second-order valence-electron chi connectivity index (χ2n) is 11.0. The van der Waals surface area contributed by atoms with Crippen molar-refractivity contribution in [2.45, 2.75) is 99.8 Å². The van der Waals surface area contributed by atoms with Crippen LogP contribution >= 0.6 is 0 Å². The van der Waals surface area contributed by atoms with Gasteiger partial charge in [-0.1, -0.05) is 74.7 Å². The summed E-state index contributed by atoms with van der Waals surface area (Å²) in [7, 11) is 0. The minimum Gasteiger partial charge on any atom is -0.0625 e. The molecule has 2 rings (SSSR count). The van der Waals surface area contributed by atoms with Gasteiger partial charge in [-0.2, -0.15) is 0 Å². The average molecular weight is 348 g/mol. The Kier molecular flexibility index (Phi) is 7.49. The molecular formula is C25H47. The van der Waals surface area contributed by atoms with E-state index in [1.54, 1.807) is 0 Å². The van der Waals surface area contributed by atoms with Gasteiger partial charge in [0.15, 0.2) is 0 Å². The summed E-state index contributed by atoms with van der Waals surface area (Å²) in [6.45, 7) is 22.0. The summed E-state index contributed by atoms with van der Waals surface area (Å²) in [6, 6.07) is 0. The van der Waals surface area contributed by atoms with Gasteiger partial charge in [-0.3, -0.25) is 0 Å². The predicted octanol–water partition coefficient (Wildman–Crippen LogP) is 8.02. The summed E-state index contributed by atoms with van der Waals surface area (Å²) in [4.78, 5) is 0. The molecular weight excluding hydrogens is 300 g/mol. The Morgan fingerprint density at radius 2 is 1.20 bits per heavy atom. The molecule has 2 aliphatic rings. The Bertz CT molecular complexity index is 361. The summed E-state index contributed by atoms with van der Waals surface area (Å²) in [5, 5.41) is 0. The lowest BCUT2D eigenvalue weighted by atomic mass is 9.49. The number of hydrogen-bond acceptors (Lipinski definition) is 0. The fraction of sp³-hybridized carbons (Fsp3) is 0.960. The molecule has 0 saturated heterocycles. The van der Waals surface area contributed by atoms with Crippen LogP contribution in [0.25, 0.3) is 0 Å². The van der Waals surface area contributed by atoms with Crippen molar-refractivity contribution in [1.82, 2.24) is 0 Å². The predicted molar refractivity (Wildman–Crippen MR) is 112 cm³/mol. The lowest BCUT2D eigenvalue weighted by Gasteiger charge is -2.56. The first-order valence-electron chi connectivity index (χ1n) is 11.5. The molecule has 0 aromatic carbocycles. The molecule has 0 aromatic heterocycles. The Labute approximate surface area is 159 Å². The Balaban J connectivity index is 2.39.